The Morgan fingerprint density at radius 3 is 3.00 bits per heavy atom. The van der Waals surface area contributed by atoms with Crippen molar-refractivity contribution in [2.45, 2.75) is 18.9 Å². The van der Waals surface area contributed by atoms with Crippen molar-refractivity contribution in [2.24, 2.45) is 0 Å². The molecule has 1 amide bonds. The maximum atomic E-state index is 13.9. The Morgan fingerprint density at radius 1 is 1.24 bits per heavy atom. The zero-order chi connectivity index (χ0) is 17.2. The molecule has 25 heavy (non-hydrogen) atoms. The second-order valence-electron chi connectivity index (χ2n) is 6.11. The van der Waals surface area contributed by atoms with Gasteiger partial charge in [-0.1, -0.05) is 12.1 Å². The van der Waals surface area contributed by atoms with Gasteiger partial charge >= 0.3 is 0 Å². The molecule has 0 saturated carbocycles. The molecule has 2 aromatic rings. The van der Waals surface area contributed by atoms with E-state index < -0.39 is 0 Å². The van der Waals surface area contributed by atoms with Crippen molar-refractivity contribution < 1.29 is 23.4 Å². The summed E-state index contributed by atoms with van der Waals surface area (Å²) < 4.78 is 30.9. The third-order valence-corrected chi connectivity index (χ3v) is 4.32. The summed E-state index contributed by atoms with van der Waals surface area (Å²) in [6.45, 7) is 1.11. The molecule has 0 bridgehead atoms. The highest BCUT2D eigenvalue weighted by atomic mass is 19.1. The van der Waals surface area contributed by atoms with E-state index in [1.165, 1.54) is 12.1 Å². The molecular weight excluding hydrogens is 325 g/mol. The van der Waals surface area contributed by atoms with Crippen molar-refractivity contribution >= 4 is 11.6 Å². The minimum Gasteiger partial charge on any atom is -0.490 e. The van der Waals surface area contributed by atoms with Crippen LogP contribution in [0, 0.1) is 5.82 Å². The van der Waals surface area contributed by atoms with Crippen LogP contribution in [0.4, 0.5) is 10.1 Å². The van der Waals surface area contributed by atoms with Crippen molar-refractivity contribution in [3.05, 3.63) is 42.2 Å². The maximum absolute atomic E-state index is 13.9. The van der Waals surface area contributed by atoms with Crippen LogP contribution in [0.5, 0.6) is 11.5 Å². The fraction of sp³-hybridized carbons (Fsp3) is 0.316. The van der Waals surface area contributed by atoms with Gasteiger partial charge in [-0.3, -0.25) is 4.79 Å². The quantitative estimate of drug-likeness (QED) is 0.925. The minimum atomic E-state index is -0.364. The van der Waals surface area contributed by atoms with Crippen LogP contribution in [0.15, 0.2) is 36.4 Å². The lowest BCUT2D eigenvalue weighted by Gasteiger charge is -2.22. The molecule has 4 rings (SSSR count). The molecule has 0 radical (unpaired) electrons. The number of hydrogen-bond donors (Lipinski definition) is 1. The molecule has 5 nitrogen and oxygen atoms in total. The number of fused-ring (bicyclic) bond motifs is 1. The normalized spacial score (nSPS) is 19.1. The number of hydrogen-bond acceptors (Lipinski definition) is 4. The van der Waals surface area contributed by atoms with Gasteiger partial charge in [-0.2, -0.15) is 0 Å². The molecule has 2 aromatic carbocycles. The molecule has 2 heterocycles. The molecule has 1 saturated heterocycles. The first kappa shape index (κ1) is 15.9. The Labute approximate surface area is 144 Å². The SMILES string of the molecule is O=C1COc2c(cccc2-c2cc(F)ccc2OCC2CCCO2)N1. The number of carbonyl (C=O) groups excluding carboxylic acids is 1. The number of para-hydroxylation sites is 1. The Kier molecular flexibility index (Phi) is 4.28. The van der Waals surface area contributed by atoms with E-state index in [0.29, 0.717) is 34.9 Å². The molecule has 1 unspecified atom stereocenters. The Bertz CT molecular complexity index is 802. The fourth-order valence-corrected chi connectivity index (χ4v) is 3.12. The number of carbonyl (C=O) groups is 1. The first-order valence-corrected chi connectivity index (χ1v) is 8.31. The molecule has 0 aromatic heterocycles. The van der Waals surface area contributed by atoms with E-state index in [4.69, 9.17) is 14.2 Å². The number of halogens is 1. The number of benzene rings is 2. The van der Waals surface area contributed by atoms with E-state index >= 15 is 0 Å². The van der Waals surface area contributed by atoms with Gasteiger partial charge in [0, 0.05) is 17.7 Å². The standard InChI is InChI=1S/C19H18FNO4/c20-12-6-7-17(24-10-13-3-2-8-23-13)15(9-12)14-4-1-5-16-19(14)25-11-18(22)21-16/h1,4-7,9,13H,2-3,8,10-11H2,(H,21,22). The van der Waals surface area contributed by atoms with Crippen LogP contribution in [0.1, 0.15) is 12.8 Å². The monoisotopic (exact) mass is 343 g/mol. The topological polar surface area (TPSA) is 56.8 Å². The van der Waals surface area contributed by atoms with Gasteiger partial charge in [0.15, 0.2) is 12.4 Å². The lowest BCUT2D eigenvalue weighted by Crippen LogP contribution is -2.25. The fourth-order valence-electron chi connectivity index (χ4n) is 3.12. The number of nitrogens with one attached hydrogen (secondary N) is 1. The van der Waals surface area contributed by atoms with E-state index in [2.05, 4.69) is 5.32 Å². The van der Waals surface area contributed by atoms with E-state index in [-0.39, 0.29) is 24.4 Å². The lowest BCUT2D eigenvalue weighted by atomic mass is 10.0. The summed E-state index contributed by atoms with van der Waals surface area (Å²) in [6, 6.07) is 9.76. The predicted octanol–water partition coefficient (Wildman–Crippen LogP) is 3.38. The van der Waals surface area contributed by atoms with Gasteiger partial charge in [-0.05, 0) is 37.1 Å². The molecule has 2 aliphatic rings. The van der Waals surface area contributed by atoms with Gasteiger partial charge in [0.2, 0.25) is 0 Å². The van der Waals surface area contributed by atoms with Crippen LogP contribution >= 0.6 is 0 Å². The highest BCUT2D eigenvalue weighted by Gasteiger charge is 2.23. The second kappa shape index (κ2) is 6.72. The molecule has 0 aliphatic carbocycles. The van der Waals surface area contributed by atoms with E-state index in [9.17, 15) is 9.18 Å². The van der Waals surface area contributed by atoms with Crippen LogP contribution in [0.25, 0.3) is 11.1 Å². The Hall–Kier alpha value is -2.60. The van der Waals surface area contributed by atoms with E-state index in [1.807, 2.05) is 6.07 Å². The van der Waals surface area contributed by atoms with Gasteiger partial charge < -0.3 is 19.5 Å². The van der Waals surface area contributed by atoms with Crippen LogP contribution in [-0.4, -0.2) is 31.8 Å². The second-order valence-corrected chi connectivity index (χ2v) is 6.11. The third kappa shape index (κ3) is 3.30. The van der Waals surface area contributed by atoms with E-state index in [0.717, 1.165) is 19.4 Å². The van der Waals surface area contributed by atoms with Crippen molar-refractivity contribution in [2.75, 3.05) is 25.1 Å². The smallest absolute Gasteiger partial charge is 0.262 e. The summed E-state index contributed by atoms with van der Waals surface area (Å²) >= 11 is 0. The molecule has 0 spiro atoms. The summed E-state index contributed by atoms with van der Waals surface area (Å²) in [5.74, 6) is 0.510. The van der Waals surface area contributed by atoms with Crippen molar-refractivity contribution in [1.82, 2.24) is 0 Å². The Balaban J connectivity index is 1.68. The molecular formula is C19H18FNO4. The van der Waals surface area contributed by atoms with Gasteiger partial charge in [0.05, 0.1) is 11.8 Å². The summed E-state index contributed by atoms with van der Waals surface area (Å²) in [5, 5.41) is 2.76. The average molecular weight is 343 g/mol. The van der Waals surface area contributed by atoms with Crippen molar-refractivity contribution in [1.29, 1.82) is 0 Å². The van der Waals surface area contributed by atoms with Gasteiger partial charge in [0.25, 0.3) is 5.91 Å². The molecule has 1 atom stereocenters. The summed E-state index contributed by atoms with van der Waals surface area (Å²) in [5.41, 5.74) is 1.84. The lowest BCUT2D eigenvalue weighted by molar-refractivity contribution is -0.118. The van der Waals surface area contributed by atoms with Crippen molar-refractivity contribution in [3.63, 3.8) is 0 Å². The summed E-state index contributed by atoms with van der Waals surface area (Å²) in [6.07, 6.45) is 2.06. The molecule has 130 valence electrons. The zero-order valence-corrected chi connectivity index (χ0v) is 13.6. The van der Waals surface area contributed by atoms with Gasteiger partial charge in [-0.25, -0.2) is 4.39 Å². The first-order chi connectivity index (χ1) is 12.2. The van der Waals surface area contributed by atoms with Gasteiger partial charge in [0.1, 0.15) is 18.2 Å². The van der Waals surface area contributed by atoms with Crippen LogP contribution in [-0.2, 0) is 9.53 Å². The number of amides is 1. The molecule has 2 aliphatic heterocycles. The third-order valence-electron chi connectivity index (χ3n) is 4.32. The first-order valence-electron chi connectivity index (χ1n) is 8.31. The molecule has 6 heteroatoms. The van der Waals surface area contributed by atoms with Crippen molar-refractivity contribution in [3.8, 4) is 22.6 Å². The molecule has 1 fully saturated rings. The van der Waals surface area contributed by atoms with E-state index in [1.54, 1.807) is 18.2 Å². The average Bonchev–Trinajstić information content (AvgIpc) is 3.13. The zero-order valence-electron chi connectivity index (χ0n) is 13.6. The van der Waals surface area contributed by atoms with Crippen LogP contribution < -0.4 is 14.8 Å². The number of anilines is 1. The minimum absolute atomic E-state index is 0.0641. The Morgan fingerprint density at radius 2 is 2.16 bits per heavy atom. The summed E-state index contributed by atoms with van der Waals surface area (Å²) in [4.78, 5) is 11.5. The van der Waals surface area contributed by atoms with Gasteiger partial charge in [-0.15, -0.1) is 0 Å². The molecule has 1 N–H and O–H groups in total. The summed E-state index contributed by atoms with van der Waals surface area (Å²) in [7, 11) is 0. The highest BCUT2D eigenvalue weighted by Crippen LogP contribution is 2.42. The number of ether oxygens (including phenoxy) is 3. The predicted molar refractivity (Wildman–Crippen MR) is 90.4 cm³/mol. The largest absolute Gasteiger partial charge is 0.490 e. The maximum Gasteiger partial charge on any atom is 0.262 e. The van der Waals surface area contributed by atoms with Crippen LogP contribution in [0.3, 0.4) is 0 Å². The highest BCUT2D eigenvalue weighted by molar-refractivity contribution is 5.98. The number of rotatable bonds is 4. The van der Waals surface area contributed by atoms with Crippen LogP contribution in [0.2, 0.25) is 0 Å².